The Morgan fingerprint density at radius 2 is 2.12 bits per heavy atom. The molecule has 3 fully saturated rings. The fraction of sp³-hybridized carbons (Fsp3) is 0.652. The monoisotopic (exact) mass is 354 g/mol. The topological polar surface area (TPSA) is 43.4 Å². The molecule has 0 aliphatic heterocycles. The summed E-state index contributed by atoms with van der Waals surface area (Å²) in [7, 11) is 0. The first kappa shape index (κ1) is 17.8. The van der Waals surface area contributed by atoms with E-state index in [2.05, 4.69) is 32.6 Å². The molecule has 0 bridgehead atoms. The predicted octanol–water partition coefficient (Wildman–Crippen LogP) is 4.64. The van der Waals surface area contributed by atoms with Crippen molar-refractivity contribution in [3.63, 3.8) is 0 Å². The van der Waals surface area contributed by atoms with E-state index in [4.69, 9.17) is 4.74 Å². The Bertz CT molecular complexity index is 717. The number of ether oxygens (including phenoxy) is 1. The number of rotatable bonds is 2. The van der Waals surface area contributed by atoms with Gasteiger partial charge < -0.3 is 4.74 Å². The molecule has 4 rings (SSSR count). The van der Waals surface area contributed by atoms with Gasteiger partial charge >= 0.3 is 5.97 Å². The van der Waals surface area contributed by atoms with Crippen molar-refractivity contribution < 1.29 is 14.3 Å². The Balaban J connectivity index is 1.72. The van der Waals surface area contributed by atoms with Crippen LogP contribution in [0.25, 0.3) is 0 Å². The van der Waals surface area contributed by atoms with Crippen LogP contribution in [-0.2, 0) is 14.3 Å². The Morgan fingerprint density at radius 3 is 2.81 bits per heavy atom. The summed E-state index contributed by atoms with van der Waals surface area (Å²) in [5.41, 5.74) is 1.44. The standard InChI is InChI=1S/C23H30O3/c1-5-15-13-20(26-14(2)24)21-18-7-6-16-12-17(25)8-10-22(16,3)19(18)9-11-23(15,21)4/h5,8,10,12,15,18-21H,1,6-7,9,11,13H2,2-4H3/t15?,18-,19?,20-,21?,22+,23-/m1/s1. The van der Waals surface area contributed by atoms with E-state index in [1.165, 1.54) is 18.9 Å². The van der Waals surface area contributed by atoms with E-state index in [0.29, 0.717) is 23.7 Å². The lowest BCUT2D eigenvalue weighted by Crippen LogP contribution is -2.51. The molecule has 0 aromatic carbocycles. The van der Waals surface area contributed by atoms with Crippen LogP contribution in [0.1, 0.15) is 52.9 Å². The first-order valence-electron chi connectivity index (χ1n) is 10.0. The van der Waals surface area contributed by atoms with Crippen LogP contribution in [0.15, 0.2) is 36.5 Å². The second-order valence-corrected chi connectivity index (χ2v) is 9.29. The Labute approximate surface area is 156 Å². The minimum absolute atomic E-state index is 0.00312. The number of hydrogen-bond donors (Lipinski definition) is 0. The minimum atomic E-state index is -0.171. The molecule has 0 aromatic rings. The molecule has 0 aromatic heterocycles. The molecule has 3 nitrogen and oxygen atoms in total. The average molecular weight is 354 g/mol. The van der Waals surface area contributed by atoms with Crippen molar-refractivity contribution in [1.29, 1.82) is 0 Å². The predicted molar refractivity (Wildman–Crippen MR) is 101 cm³/mol. The molecule has 7 atom stereocenters. The first-order chi connectivity index (χ1) is 12.3. The Morgan fingerprint density at radius 1 is 1.35 bits per heavy atom. The van der Waals surface area contributed by atoms with E-state index in [9.17, 15) is 9.59 Å². The van der Waals surface area contributed by atoms with Gasteiger partial charge in [0, 0.05) is 18.3 Å². The number of allylic oxidation sites excluding steroid dienone is 5. The summed E-state index contributed by atoms with van der Waals surface area (Å²) in [6.07, 6.45) is 13.1. The van der Waals surface area contributed by atoms with Gasteiger partial charge in [0.1, 0.15) is 6.10 Å². The highest BCUT2D eigenvalue weighted by molar-refractivity contribution is 6.01. The maximum absolute atomic E-state index is 11.9. The second kappa shape index (κ2) is 5.94. The minimum Gasteiger partial charge on any atom is -0.462 e. The van der Waals surface area contributed by atoms with Gasteiger partial charge in [-0.05, 0) is 67.4 Å². The lowest BCUT2D eigenvalue weighted by Gasteiger charge is -2.57. The van der Waals surface area contributed by atoms with Crippen molar-refractivity contribution in [1.82, 2.24) is 0 Å². The van der Waals surface area contributed by atoms with Gasteiger partial charge in [0.15, 0.2) is 5.78 Å². The Kier molecular flexibility index (Phi) is 4.05. The van der Waals surface area contributed by atoms with E-state index in [0.717, 1.165) is 25.7 Å². The highest BCUT2D eigenvalue weighted by Crippen LogP contribution is 2.66. The fourth-order valence-electron chi connectivity index (χ4n) is 6.97. The summed E-state index contributed by atoms with van der Waals surface area (Å²) in [5, 5.41) is 0. The third-order valence-corrected chi connectivity index (χ3v) is 8.19. The van der Waals surface area contributed by atoms with Crippen LogP contribution in [0, 0.1) is 34.5 Å². The maximum atomic E-state index is 11.9. The average Bonchev–Trinajstić information content (AvgIpc) is 2.86. The molecule has 0 radical (unpaired) electrons. The summed E-state index contributed by atoms with van der Waals surface area (Å²) in [6, 6.07) is 0. The van der Waals surface area contributed by atoms with Crippen LogP contribution < -0.4 is 0 Å². The lowest BCUT2D eigenvalue weighted by atomic mass is 9.47. The molecule has 0 N–H and O–H groups in total. The third-order valence-electron chi connectivity index (χ3n) is 8.19. The largest absolute Gasteiger partial charge is 0.462 e. The molecule has 4 aliphatic carbocycles. The van der Waals surface area contributed by atoms with Crippen LogP contribution in [0.2, 0.25) is 0 Å². The SMILES string of the molecule is C=CC1C[C@@H](OC(C)=O)C2[C@@H]3CCC4=CC(=O)C=C[C@]4(C)C3CC[C@]12C. The van der Waals surface area contributed by atoms with Crippen LogP contribution in [0.5, 0.6) is 0 Å². The first-order valence-corrected chi connectivity index (χ1v) is 10.0. The zero-order chi connectivity index (χ0) is 18.7. The van der Waals surface area contributed by atoms with Crippen molar-refractivity contribution in [2.45, 2.75) is 59.0 Å². The van der Waals surface area contributed by atoms with Crippen LogP contribution in [-0.4, -0.2) is 17.9 Å². The van der Waals surface area contributed by atoms with Crippen LogP contribution in [0.3, 0.4) is 0 Å². The summed E-state index contributed by atoms with van der Waals surface area (Å²) in [6.45, 7) is 10.3. The van der Waals surface area contributed by atoms with E-state index >= 15 is 0 Å². The van der Waals surface area contributed by atoms with E-state index in [1.54, 1.807) is 6.08 Å². The van der Waals surface area contributed by atoms with Gasteiger partial charge in [-0.15, -0.1) is 6.58 Å². The van der Waals surface area contributed by atoms with Crippen molar-refractivity contribution in [3.05, 3.63) is 36.5 Å². The molecular formula is C23H30O3. The molecule has 140 valence electrons. The molecule has 3 heteroatoms. The molecule has 3 saturated carbocycles. The third kappa shape index (κ3) is 2.39. The van der Waals surface area contributed by atoms with Gasteiger partial charge in [-0.25, -0.2) is 0 Å². The van der Waals surface area contributed by atoms with Crippen molar-refractivity contribution in [2.75, 3.05) is 0 Å². The molecule has 0 saturated heterocycles. The maximum Gasteiger partial charge on any atom is 0.302 e. The second-order valence-electron chi connectivity index (χ2n) is 9.29. The van der Waals surface area contributed by atoms with Crippen LogP contribution in [0.4, 0.5) is 0 Å². The fourth-order valence-corrected chi connectivity index (χ4v) is 6.97. The number of ketones is 1. The molecular weight excluding hydrogens is 324 g/mol. The van der Waals surface area contributed by atoms with Crippen molar-refractivity contribution in [2.24, 2.45) is 34.5 Å². The summed E-state index contributed by atoms with van der Waals surface area (Å²) < 4.78 is 5.84. The quantitative estimate of drug-likeness (QED) is 0.536. The summed E-state index contributed by atoms with van der Waals surface area (Å²) in [5.74, 6) is 1.80. The molecule has 4 aliphatic rings. The molecule has 0 spiro atoms. The molecule has 0 heterocycles. The van der Waals surface area contributed by atoms with Gasteiger partial charge in [-0.3, -0.25) is 9.59 Å². The number of esters is 1. The van der Waals surface area contributed by atoms with Crippen molar-refractivity contribution in [3.8, 4) is 0 Å². The zero-order valence-electron chi connectivity index (χ0n) is 16.2. The van der Waals surface area contributed by atoms with Gasteiger partial charge in [0.05, 0.1) is 0 Å². The van der Waals surface area contributed by atoms with Gasteiger partial charge in [0.25, 0.3) is 0 Å². The summed E-state index contributed by atoms with van der Waals surface area (Å²) in [4.78, 5) is 23.6. The number of fused-ring (bicyclic) bond motifs is 5. The van der Waals surface area contributed by atoms with Crippen molar-refractivity contribution >= 4 is 11.8 Å². The van der Waals surface area contributed by atoms with E-state index in [1.807, 2.05) is 6.08 Å². The highest BCUT2D eigenvalue weighted by Gasteiger charge is 2.61. The Hall–Kier alpha value is -1.64. The number of carbonyl (C=O) groups excluding carboxylic acids is 2. The molecule has 3 unspecified atom stereocenters. The number of hydrogen-bond acceptors (Lipinski definition) is 3. The highest BCUT2D eigenvalue weighted by atomic mass is 16.5. The molecule has 0 amide bonds. The van der Waals surface area contributed by atoms with E-state index < -0.39 is 0 Å². The van der Waals surface area contributed by atoms with E-state index in [-0.39, 0.29) is 28.7 Å². The van der Waals surface area contributed by atoms with Gasteiger partial charge in [0.2, 0.25) is 0 Å². The molecule has 26 heavy (non-hydrogen) atoms. The number of carbonyl (C=O) groups is 2. The zero-order valence-corrected chi connectivity index (χ0v) is 16.2. The summed E-state index contributed by atoms with van der Waals surface area (Å²) >= 11 is 0. The lowest BCUT2D eigenvalue weighted by molar-refractivity contribution is -0.154. The van der Waals surface area contributed by atoms with Gasteiger partial charge in [-0.2, -0.15) is 0 Å². The van der Waals surface area contributed by atoms with Crippen LogP contribution >= 0.6 is 0 Å². The van der Waals surface area contributed by atoms with Gasteiger partial charge in [-0.1, -0.05) is 31.6 Å². The normalized spacial score (nSPS) is 46.7. The smallest absolute Gasteiger partial charge is 0.302 e.